The fraction of sp³-hybridized carbons (Fsp3) is 0.333. The van der Waals surface area contributed by atoms with Crippen LogP contribution in [0.2, 0.25) is 0 Å². The van der Waals surface area contributed by atoms with Gasteiger partial charge in [0.2, 0.25) is 5.91 Å². The lowest BCUT2D eigenvalue weighted by atomic mass is 10.1. The Kier molecular flexibility index (Phi) is 6.60. The van der Waals surface area contributed by atoms with Crippen LogP contribution in [0.1, 0.15) is 11.1 Å². The van der Waals surface area contributed by atoms with Gasteiger partial charge in [-0.1, -0.05) is 30.3 Å². The molecule has 7 heteroatoms. The van der Waals surface area contributed by atoms with Gasteiger partial charge < -0.3 is 15.5 Å². The molecule has 1 heterocycles. The predicted octanol–water partition coefficient (Wildman–Crippen LogP) is 2.60. The molecule has 2 aromatic rings. The van der Waals surface area contributed by atoms with Crippen LogP contribution in [-0.2, 0) is 11.3 Å². The molecule has 2 N–H and O–H groups in total. The number of halogens is 1. The van der Waals surface area contributed by atoms with E-state index in [1.165, 1.54) is 6.07 Å². The quantitative estimate of drug-likeness (QED) is 0.833. The highest BCUT2D eigenvalue weighted by Gasteiger charge is 2.22. The van der Waals surface area contributed by atoms with Crippen LogP contribution < -0.4 is 10.6 Å². The number of piperazine rings is 1. The first-order chi connectivity index (χ1) is 13.5. The summed E-state index contributed by atoms with van der Waals surface area (Å²) in [6.07, 6.45) is 0. The maximum atomic E-state index is 13.6. The molecule has 0 bridgehead atoms. The van der Waals surface area contributed by atoms with Crippen LogP contribution in [0.15, 0.2) is 48.5 Å². The summed E-state index contributed by atoms with van der Waals surface area (Å²) in [5.41, 5.74) is 2.09. The third-order valence-electron chi connectivity index (χ3n) is 4.76. The summed E-state index contributed by atoms with van der Waals surface area (Å²) in [7, 11) is 0. The molecule has 0 radical (unpaired) electrons. The molecule has 0 aromatic heterocycles. The van der Waals surface area contributed by atoms with Crippen molar-refractivity contribution in [1.82, 2.24) is 15.1 Å². The van der Waals surface area contributed by atoms with Gasteiger partial charge in [0, 0.05) is 38.4 Å². The smallest absolute Gasteiger partial charge is 0.317 e. The van der Waals surface area contributed by atoms with E-state index in [2.05, 4.69) is 10.6 Å². The second-order valence-electron chi connectivity index (χ2n) is 6.92. The van der Waals surface area contributed by atoms with E-state index in [9.17, 15) is 14.0 Å². The van der Waals surface area contributed by atoms with Gasteiger partial charge in [-0.3, -0.25) is 9.69 Å². The minimum Gasteiger partial charge on any atom is -0.334 e. The summed E-state index contributed by atoms with van der Waals surface area (Å²) in [6, 6.07) is 14.1. The van der Waals surface area contributed by atoms with Gasteiger partial charge in [-0.25, -0.2) is 9.18 Å². The van der Waals surface area contributed by atoms with Crippen molar-refractivity contribution in [2.75, 3.05) is 38.0 Å². The Morgan fingerprint density at radius 3 is 2.43 bits per heavy atom. The maximum Gasteiger partial charge on any atom is 0.317 e. The van der Waals surface area contributed by atoms with E-state index in [1.807, 2.05) is 41.3 Å². The molecule has 1 aliphatic rings. The Balaban J connectivity index is 1.40. The van der Waals surface area contributed by atoms with Crippen molar-refractivity contribution in [3.8, 4) is 0 Å². The van der Waals surface area contributed by atoms with Gasteiger partial charge in [0.25, 0.3) is 0 Å². The monoisotopic (exact) mass is 384 g/mol. The number of para-hydroxylation sites is 1. The molecular formula is C21H25FN4O2. The van der Waals surface area contributed by atoms with E-state index in [0.29, 0.717) is 38.3 Å². The molecule has 148 valence electrons. The summed E-state index contributed by atoms with van der Waals surface area (Å²) >= 11 is 0. The molecular weight excluding hydrogens is 359 g/mol. The molecule has 1 saturated heterocycles. The molecule has 3 rings (SSSR count). The average molecular weight is 384 g/mol. The Morgan fingerprint density at radius 2 is 1.75 bits per heavy atom. The summed E-state index contributed by atoms with van der Waals surface area (Å²) in [4.78, 5) is 28.2. The van der Waals surface area contributed by atoms with Gasteiger partial charge in [-0.05, 0) is 36.2 Å². The van der Waals surface area contributed by atoms with Crippen LogP contribution in [0.3, 0.4) is 0 Å². The van der Waals surface area contributed by atoms with Crippen molar-refractivity contribution in [2.24, 2.45) is 0 Å². The van der Waals surface area contributed by atoms with Crippen molar-refractivity contribution >= 4 is 17.6 Å². The number of nitrogens with one attached hydrogen (secondary N) is 2. The van der Waals surface area contributed by atoms with Crippen LogP contribution in [0.5, 0.6) is 0 Å². The van der Waals surface area contributed by atoms with Crippen molar-refractivity contribution in [3.63, 3.8) is 0 Å². The largest absolute Gasteiger partial charge is 0.334 e. The third kappa shape index (κ3) is 5.53. The van der Waals surface area contributed by atoms with Crippen molar-refractivity contribution < 1.29 is 14.0 Å². The number of carbonyl (C=O) groups is 2. The summed E-state index contributed by atoms with van der Waals surface area (Å²) < 4.78 is 13.6. The number of urea groups is 1. The summed E-state index contributed by atoms with van der Waals surface area (Å²) in [5, 5.41) is 5.69. The molecule has 0 spiro atoms. The Hall–Kier alpha value is -2.93. The lowest BCUT2D eigenvalue weighted by Gasteiger charge is -2.34. The number of aryl methyl sites for hydroxylation is 1. The van der Waals surface area contributed by atoms with Crippen LogP contribution >= 0.6 is 0 Å². The number of hydrogen-bond donors (Lipinski definition) is 2. The summed E-state index contributed by atoms with van der Waals surface area (Å²) in [5.74, 6) is -0.334. The van der Waals surface area contributed by atoms with Crippen LogP contribution in [0, 0.1) is 12.7 Å². The molecule has 6 nitrogen and oxygen atoms in total. The minimum atomic E-state index is -0.269. The topological polar surface area (TPSA) is 64.7 Å². The second kappa shape index (κ2) is 9.32. The van der Waals surface area contributed by atoms with Gasteiger partial charge in [0.05, 0.1) is 6.54 Å². The number of amides is 3. The number of benzene rings is 2. The lowest BCUT2D eigenvalue weighted by Crippen LogP contribution is -2.52. The van der Waals surface area contributed by atoms with E-state index in [4.69, 9.17) is 0 Å². The third-order valence-corrected chi connectivity index (χ3v) is 4.76. The molecule has 0 atom stereocenters. The van der Waals surface area contributed by atoms with Crippen molar-refractivity contribution in [2.45, 2.75) is 13.5 Å². The zero-order valence-electron chi connectivity index (χ0n) is 16.0. The highest BCUT2D eigenvalue weighted by molar-refractivity contribution is 5.92. The van der Waals surface area contributed by atoms with Crippen molar-refractivity contribution in [3.05, 3.63) is 65.5 Å². The lowest BCUT2D eigenvalue weighted by molar-refractivity contribution is -0.117. The van der Waals surface area contributed by atoms with Gasteiger partial charge in [0.1, 0.15) is 5.82 Å². The van der Waals surface area contributed by atoms with Crippen LogP contribution in [0.4, 0.5) is 14.9 Å². The first-order valence-corrected chi connectivity index (χ1v) is 9.36. The number of hydrogen-bond acceptors (Lipinski definition) is 3. The fourth-order valence-corrected chi connectivity index (χ4v) is 3.07. The van der Waals surface area contributed by atoms with Crippen molar-refractivity contribution in [1.29, 1.82) is 0 Å². The van der Waals surface area contributed by atoms with E-state index >= 15 is 0 Å². The average Bonchev–Trinajstić information content (AvgIpc) is 2.70. The molecule has 2 aromatic carbocycles. The first kappa shape index (κ1) is 19.8. The molecule has 3 amide bonds. The maximum absolute atomic E-state index is 13.6. The Labute approximate surface area is 164 Å². The number of anilines is 1. The fourth-order valence-electron chi connectivity index (χ4n) is 3.07. The molecule has 28 heavy (non-hydrogen) atoms. The first-order valence-electron chi connectivity index (χ1n) is 9.36. The SMILES string of the molecule is Cc1ccc(CNC(=O)N2CCN(CC(=O)Nc3ccccc3)CC2)cc1F. The van der Waals surface area contributed by atoms with Gasteiger partial charge in [-0.2, -0.15) is 0 Å². The predicted molar refractivity (Wildman–Crippen MR) is 106 cm³/mol. The normalized spacial score (nSPS) is 14.6. The van der Waals surface area contributed by atoms with Crippen LogP contribution in [-0.4, -0.2) is 54.5 Å². The van der Waals surface area contributed by atoms with E-state index in [1.54, 1.807) is 17.9 Å². The zero-order valence-corrected chi connectivity index (χ0v) is 16.0. The number of rotatable bonds is 5. The summed E-state index contributed by atoms with van der Waals surface area (Å²) in [6.45, 7) is 4.66. The molecule has 0 saturated carbocycles. The van der Waals surface area contributed by atoms with Gasteiger partial charge >= 0.3 is 6.03 Å². The Morgan fingerprint density at radius 1 is 1.04 bits per heavy atom. The molecule has 1 fully saturated rings. The highest BCUT2D eigenvalue weighted by atomic mass is 19.1. The second-order valence-corrected chi connectivity index (χ2v) is 6.92. The zero-order chi connectivity index (χ0) is 19.9. The highest BCUT2D eigenvalue weighted by Crippen LogP contribution is 2.10. The molecule has 0 unspecified atom stereocenters. The standard InChI is InChI=1S/C21H25FN4O2/c1-16-7-8-17(13-19(16)22)14-23-21(28)26-11-9-25(10-12-26)15-20(27)24-18-5-3-2-4-6-18/h2-8,13H,9-12,14-15H2,1H3,(H,23,28)(H,24,27). The van der Waals surface area contributed by atoms with Gasteiger partial charge in [-0.15, -0.1) is 0 Å². The number of carbonyl (C=O) groups excluding carboxylic acids is 2. The van der Waals surface area contributed by atoms with Crippen LogP contribution in [0.25, 0.3) is 0 Å². The molecule has 1 aliphatic heterocycles. The number of nitrogens with zero attached hydrogens (tertiary/aromatic N) is 2. The minimum absolute atomic E-state index is 0.0644. The van der Waals surface area contributed by atoms with E-state index in [-0.39, 0.29) is 24.3 Å². The van der Waals surface area contributed by atoms with E-state index in [0.717, 1.165) is 11.3 Å². The Bertz CT molecular complexity index is 820. The van der Waals surface area contributed by atoms with Gasteiger partial charge in [0.15, 0.2) is 0 Å². The van der Waals surface area contributed by atoms with E-state index < -0.39 is 0 Å². The molecule has 0 aliphatic carbocycles.